The van der Waals surface area contributed by atoms with Crippen molar-refractivity contribution in [1.82, 2.24) is 15.2 Å². The first-order valence-corrected chi connectivity index (χ1v) is 13.2. The molecule has 2 amide bonds. The molecule has 0 aliphatic heterocycles. The van der Waals surface area contributed by atoms with E-state index in [-0.39, 0.29) is 24.4 Å². The van der Waals surface area contributed by atoms with Crippen LogP contribution >= 0.6 is 23.2 Å². The second-order valence-electron chi connectivity index (χ2n) is 10.4. The molecule has 3 N–H and O–H groups in total. The average molecular weight is 582 g/mol. The summed E-state index contributed by atoms with van der Waals surface area (Å²) < 4.78 is 5.85. The molecule has 10 heteroatoms. The van der Waals surface area contributed by atoms with Crippen molar-refractivity contribution in [2.24, 2.45) is 0 Å². The van der Waals surface area contributed by atoms with Crippen molar-refractivity contribution >= 4 is 52.4 Å². The molecule has 208 valence electrons. The summed E-state index contributed by atoms with van der Waals surface area (Å²) in [4.78, 5) is 42.5. The topological polar surface area (TPSA) is 112 Å². The number of aromatic carboxylic acids is 1. The van der Waals surface area contributed by atoms with Gasteiger partial charge in [0, 0.05) is 44.2 Å². The quantitative estimate of drug-likeness (QED) is 0.188. The third-order valence-electron chi connectivity index (χ3n) is 6.14. The lowest BCUT2D eigenvalue weighted by Crippen LogP contribution is -2.47. The van der Waals surface area contributed by atoms with Gasteiger partial charge >= 0.3 is 5.97 Å². The molecular weight excluding hydrogens is 553 g/mol. The van der Waals surface area contributed by atoms with Crippen LogP contribution < -0.4 is 10.1 Å². The Bertz CT molecular complexity index is 1540. The third kappa shape index (κ3) is 6.76. The molecule has 1 atom stereocenters. The number of hydrogen-bond donors (Lipinski definition) is 3. The number of H-pyrrole nitrogens is 1. The Morgan fingerprint density at radius 3 is 2.40 bits per heavy atom. The Hall–Kier alpha value is -4.01. The minimum Gasteiger partial charge on any atom is -0.489 e. The zero-order valence-electron chi connectivity index (χ0n) is 22.2. The molecule has 0 radical (unpaired) electrons. The molecule has 0 saturated carbocycles. The molecular formula is C30H29Cl2N3O5. The summed E-state index contributed by atoms with van der Waals surface area (Å²) >= 11 is 12.3. The Kier molecular flexibility index (Phi) is 8.71. The van der Waals surface area contributed by atoms with Crippen LogP contribution in [0, 0.1) is 0 Å². The van der Waals surface area contributed by atoms with Gasteiger partial charge < -0.3 is 25.0 Å². The number of ether oxygens (including phenoxy) is 1. The number of nitrogens with zero attached hydrogens (tertiary/aromatic N) is 1. The van der Waals surface area contributed by atoms with Crippen LogP contribution in [0.4, 0.5) is 0 Å². The molecule has 1 heterocycles. The van der Waals surface area contributed by atoms with Gasteiger partial charge in [0.15, 0.2) is 0 Å². The second kappa shape index (κ2) is 12.0. The number of aromatic nitrogens is 1. The number of amides is 2. The van der Waals surface area contributed by atoms with E-state index in [0.717, 1.165) is 5.56 Å². The first-order chi connectivity index (χ1) is 19.0. The normalized spacial score (nSPS) is 12.1. The number of aromatic amines is 1. The molecule has 1 unspecified atom stereocenters. The molecule has 0 aliphatic carbocycles. The van der Waals surface area contributed by atoms with Crippen molar-refractivity contribution in [2.75, 3.05) is 0 Å². The number of carbonyl (C=O) groups excluding carboxylic acids is 2. The van der Waals surface area contributed by atoms with Gasteiger partial charge in [-0.15, -0.1) is 0 Å². The summed E-state index contributed by atoms with van der Waals surface area (Å²) in [7, 11) is 0. The van der Waals surface area contributed by atoms with Gasteiger partial charge in [0.05, 0.1) is 0 Å². The fourth-order valence-electron chi connectivity index (χ4n) is 4.40. The SMILES string of the molecule is CC(C)(C)NC(=O)C(c1c(C(=O)O)[nH]c2cc(Cl)ccc12)N(C=O)Cc1ccc(OCc2ccccc2Cl)cc1. The highest BCUT2D eigenvalue weighted by Crippen LogP contribution is 2.34. The minimum atomic E-state index is -1.26. The highest BCUT2D eigenvalue weighted by Gasteiger charge is 2.35. The highest BCUT2D eigenvalue weighted by molar-refractivity contribution is 6.31. The maximum Gasteiger partial charge on any atom is 0.352 e. The van der Waals surface area contributed by atoms with Gasteiger partial charge in [0.1, 0.15) is 24.1 Å². The van der Waals surface area contributed by atoms with E-state index in [2.05, 4.69) is 10.3 Å². The molecule has 0 spiro atoms. The smallest absolute Gasteiger partial charge is 0.352 e. The zero-order valence-corrected chi connectivity index (χ0v) is 23.7. The van der Waals surface area contributed by atoms with Gasteiger partial charge in [-0.3, -0.25) is 9.59 Å². The van der Waals surface area contributed by atoms with Crippen molar-refractivity contribution in [1.29, 1.82) is 0 Å². The minimum absolute atomic E-state index is 0.0375. The second-order valence-corrected chi connectivity index (χ2v) is 11.2. The van der Waals surface area contributed by atoms with Crippen LogP contribution in [-0.4, -0.2) is 38.8 Å². The highest BCUT2D eigenvalue weighted by atomic mass is 35.5. The molecule has 4 rings (SSSR count). The molecule has 1 aromatic heterocycles. The van der Waals surface area contributed by atoms with Crippen LogP contribution in [0.3, 0.4) is 0 Å². The van der Waals surface area contributed by atoms with Gasteiger partial charge in [-0.05, 0) is 56.7 Å². The molecule has 0 fully saturated rings. The number of carbonyl (C=O) groups is 3. The van der Waals surface area contributed by atoms with Crippen LogP contribution in [0.5, 0.6) is 5.75 Å². The van der Waals surface area contributed by atoms with Crippen LogP contribution in [0.25, 0.3) is 10.9 Å². The van der Waals surface area contributed by atoms with Gasteiger partial charge in [0.25, 0.3) is 0 Å². The van der Waals surface area contributed by atoms with Crippen molar-refractivity contribution < 1.29 is 24.2 Å². The lowest BCUT2D eigenvalue weighted by Gasteiger charge is -2.31. The molecule has 40 heavy (non-hydrogen) atoms. The van der Waals surface area contributed by atoms with Crippen molar-refractivity contribution in [3.63, 3.8) is 0 Å². The summed E-state index contributed by atoms with van der Waals surface area (Å²) in [6.07, 6.45) is 0.551. The summed E-state index contributed by atoms with van der Waals surface area (Å²) in [5, 5.41) is 14.4. The fourth-order valence-corrected chi connectivity index (χ4v) is 4.76. The molecule has 0 saturated heterocycles. The molecule has 8 nitrogen and oxygen atoms in total. The number of carboxylic acids is 1. The van der Waals surface area contributed by atoms with E-state index in [1.165, 1.54) is 4.90 Å². The number of rotatable bonds is 10. The number of benzene rings is 3. The van der Waals surface area contributed by atoms with E-state index >= 15 is 0 Å². The average Bonchev–Trinajstić information content (AvgIpc) is 3.26. The number of carboxylic acid groups (broad SMARTS) is 1. The molecule has 3 aromatic carbocycles. The standard InChI is InChI=1S/C30H29Cl2N3O5/c1-30(2,3)34-28(37)27(25-22-13-10-20(31)14-24(22)33-26(25)29(38)39)35(17-36)15-18-8-11-21(12-9-18)40-16-19-6-4-5-7-23(19)32/h4-14,17,27,33H,15-16H2,1-3H3,(H,34,37)(H,38,39). The fraction of sp³-hybridized carbons (Fsp3) is 0.233. The Morgan fingerprint density at radius 2 is 1.77 bits per heavy atom. The first kappa shape index (κ1) is 29.0. The molecule has 4 aromatic rings. The van der Waals surface area contributed by atoms with Crippen LogP contribution in [0.15, 0.2) is 66.7 Å². The maximum atomic E-state index is 13.7. The number of hydrogen-bond acceptors (Lipinski definition) is 4. The first-order valence-electron chi connectivity index (χ1n) is 12.5. The summed E-state index contributed by atoms with van der Waals surface area (Å²) in [6, 6.07) is 18.1. The van der Waals surface area contributed by atoms with E-state index in [4.69, 9.17) is 27.9 Å². The summed E-state index contributed by atoms with van der Waals surface area (Å²) in [5.74, 6) is -1.18. The monoisotopic (exact) mass is 581 g/mol. The number of nitrogens with one attached hydrogen (secondary N) is 2. The van der Waals surface area contributed by atoms with Crippen molar-refractivity contribution in [3.05, 3.63) is 99.2 Å². The molecule has 0 aliphatic rings. The number of fused-ring (bicyclic) bond motifs is 1. The van der Waals surface area contributed by atoms with Gasteiger partial charge in [-0.25, -0.2) is 4.79 Å². The summed E-state index contributed by atoms with van der Waals surface area (Å²) in [6.45, 7) is 5.75. The van der Waals surface area contributed by atoms with Crippen LogP contribution in [-0.2, 0) is 22.7 Å². The molecule has 0 bridgehead atoms. The van der Waals surface area contributed by atoms with Crippen molar-refractivity contribution in [3.8, 4) is 5.75 Å². The predicted octanol–water partition coefficient (Wildman–Crippen LogP) is 6.37. The third-order valence-corrected chi connectivity index (χ3v) is 6.75. The Labute approximate surface area is 241 Å². The van der Waals surface area contributed by atoms with Crippen LogP contribution in [0.1, 0.15) is 54.0 Å². The predicted molar refractivity (Wildman–Crippen MR) is 155 cm³/mol. The lowest BCUT2D eigenvalue weighted by atomic mass is 9.98. The van der Waals surface area contributed by atoms with E-state index in [1.807, 2.05) is 39.0 Å². The Balaban J connectivity index is 1.66. The number of halogens is 2. The van der Waals surface area contributed by atoms with Gasteiger partial charge in [-0.2, -0.15) is 0 Å². The van der Waals surface area contributed by atoms with Crippen molar-refractivity contribution in [2.45, 2.75) is 45.5 Å². The largest absolute Gasteiger partial charge is 0.489 e. The lowest BCUT2D eigenvalue weighted by molar-refractivity contribution is -0.134. The van der Waals surface area contributed by atoms with E-state index in [0.29, 0.717) is 38.7 Å². The Morgan fingerprint density at radius 1 is 1.07 bits per heavy atom. The van der Waals surface area contributed by atoms with E-state index in [1.54, 1.807) is 48.5 Å². The van der Waals surface area contributed by atoms with Gasteiger partial charge in [0.2, 0.25) is 12.3 Å². The van der Waals surface area contributed by atoms with E-state index in [9.17, 15) is 19.5 Å². The maximum absolute atomic E-state index is 13.7. The van der Waals surface area contributed by atoms with Crippen LogP contribution in [0.2, 0.25) is 10.0 Å². The van der Waals surface area contributed by atoms with Gasteiger partial charge in [-0.1, -0.05) is 59.6 Å². The van der Waals surface area contributed by atoms with E-state index < -0.39 is 23.5 Å². The zero-order chi connectivity index (χ0) is 29.0. The summed E-state index contributed by atoms with van der Waals surface area (Å²) in [5.41, 5.74) is 1.35.